The maximum absolute atomic E-state index is 12.0. The zero-order chi connectivity index (χ0) is 12.3. The lowest BCUT2D eigenvalue weighted by Gasteiger charge is -2.37. The standard InChI is InChI=1S/C14H25NO2/c1-14(2)8-4-9-15-12(14)13(16)17-10-7-11-5-3-6-11/h11-12,15H,3-10H2,1-2H3. The van der Waals surface area contributed by atoms with Gasteiger partial charge in [-0.25, -0.2) is 0 Å². The molecule has 1 aliphatic heterocycles. The van der Waals surface area contributed by atoms with Gasteiger partial charge in [0.1, 0.15) is 6.04 Å². The zero-order valence-corrected chi connectivity index (χ0v) is 11.1. The van der Waals surface area contributed by atoms with Crippen molar-refractivity contribution in [3.63, 3.8) is 0 Å². The molecule has 1 N–H and O–H groups in total. The fourth-order valence-electron chi connectivity index (χ4n) is 2.80. The second-order valence-corrected chi connectivity index (χ2v) is 6.23. The highest BCUT2D eigenvalue weighted by atomic mass is 16.5. The molecule has 1 atom stereocenters. The van der Waals surface area contributed by atoms with E-state index in [0.717, 1.165) is 31.7 Å². The highest BCUT2D eigenvalue weighted by molar-refractivity contribution is 5.77. The fraction of sp³-hybridized carbons (Fsp3) is 0.929. The Morgan fingerprint density at radius 3 is 2.71 bits per heavy atom. The van der Waals surface area contributed by atoms with E-state index in [2.05, 4.69) is 19.2 Å². The molecule has 0 amide bonds. The van der Waals surface area contributed by atoms with Gasteiger partial charge in [-0.05, 0) is 37.1 Å². The molecule has 3 heteroatoms. The van der Waals surface area contributed by atoms with Gasteiger partial charge in [0.15, 0.2) is 0 Å². The summed E-state index contributed by atoms with van der Waals surface area (Å²) in [7, 11) is 0. The number of rotatable bonds is 4. The van der Waals surface area contributed by atoms with Crippen LogP contribution in [0.4, 0.5) is 0 Å². The lowest BCUT2D eigenvalue weighted by molar-refractivity contribution is -0.151. The van der Waals surface area contributed by atoms with Crippen molar-refractivity contribution in [1.82, 2.24) is 5.32 Å². The van der Waals surface area contributed by atoms with Gasteiger partial charge >= 0.3 is 5.97 Å². The van der Waals surface area contributed by atoms with Crippen LogP contribution in [-0.4, -0.2) is 25.2 Å². The molecule has 1 aliphatic carbocycles. The average Bonchev–Trinajstić information content (AvgIpc) is 2.20. The molecule has 1 unspecified atom stereocenters. The molecule has 1 heterocycles. The van der Waals surface area contributed by atoms with E-state index >= 15 is 0 Å². The van der Waals surface area contributed by atoms with Gasteiger partial charge in [0.2, 0.25) is 0 Å². The minimum Gasteiger partial charge on any atom is -0.465 e. The second kappa shape index (κ2) is 5.38. The maximum Gasteiger partial charge on any atom is 0.323 e. The lowest BCUT2D eigenvalue weighted by Crippen LogP contribution is -2.52. The van der Waals surface area contributed by atoms with E-state index in [1.54, 1.807) is 0 Å². The monoisotopic (exact) mass is 239 g/mol. The SMILES string of the molecule is CC1(C)CCCNC1C(=O)OCCC1CCC1. The molecule has 1 saturated heterocycles. The summed E-state index contributed by atoms with van der Waals surface area (Å²) in [5.41, 5.74) is 0.0335. The largest absolute Gasteiger partial charge is 0.465 e. The normalized spacial score (nSPS) is 28.5. The molecule has 2 rings (SSSR count). The predicted molar refractivity (Wildman–Crippen MR) is 67.7 cm³/mol. The van der Waals surface area contributed by atoms with E-state index in [0.29, 0.717) is 6.61 Å². The Labute approximate surface area is 104 Å². The molecule has 2 aliphatic rings. The molecule has 3 nitrogen and oxygen atoms in total. The molecule has 17 heavy (non-hydrogen) atoms. The van der Waals surface area contributed by atoms with Crippen LogP contribution in [0.3, 0.4) is 0 Å². The summed E-state index contributed by atoms with van der Waals surface area (Å²) >= 11 is 0. The molecule has 2 fully saturated rings. The number of carbonyl (C=O) groups excluding carboxylic acids is 1. The fourth-order valence-corrected chi connectivity index (χ4v) is 2.80. The lowest BCUT2D eigenvalue weighted by atomic mass is 9.77. The van der Waals surface area contributed by atoms with Crippen molar-refractivity contribution < 1.29 is 9.53 Å². The van der Waals surface area contributed by atoms with E-state index in [4.69, 9.17) is 4.74 Å². The van der Waals surface area contributed by atoms with Crippen molar-refractivity contribution in [2.45, 2.75) is 58.4 Å². The van der Waals surface area contributed by atoms with E-state index in [9.17, 15) is 4.79 Å². The topological polar surface area (TPSA) is 38.3 Å². The Bertz CT molecular complexity index is 271. The maximum atomic E-state index is 12.0. The number of hydrogen-bond donors (Lipinski definition) is 1. The van der Waals surface area contributed by atoms with Crippen LogP contribution in [0.5, 0.6) is 0 Å². The van der Waals surface area contributed by atoms with Crippen LogP contribution < -0.4 is 5.32 Å². The molecule has 0 aromatic rings. The second-order valence-electron chi connectivity index (χ2n) is 6.23. The third-order valence-corrected chi connectivity index (χ3v) is 4.36. The molecule has 0 aromatic heterocycles. The highest BCUT2D eigenvalue weighted by Gasteiger charge is 2.38. The summed E-state index contributed by atoms with van der Waals surface area (Å²) in [6.45, 7) is 5.84. The average molecular weight is 239 g/mol. The predicted octanol–water partition coefficient (Wildman–Crippen LogP) is 2.50. The van der Waals surface area contributed by atoms with E-state index in [-0.39, 0.29) is 17.4 Å². The first-order valence-electron chi connectivity index (χ1n) is 6.99. The first kappa shape index (κ1) is 12.9. The Morgan fingerprint density at radius 2 is 2.12 bits per heavy atom. The van der Waals surface area contributed by atoms with Crippen LogP contribution in [-0.2, 0) is 9.53 Å². The third-order valence-electron chi connectivity index (χ3n) is 4.36. The smallest absolute Gasteiger partial charge is 0.323 e. The number of carbonyl (C=O) groups is 1. The Kier molecular flexibility index (Phi) is 4.08. The third kappa shape index (κ3) is 3.21. The van der Waals surface area contributed by atoms with Gasteiger partial charge in [-0.15, -0.1) is 0 Å². The van der Waals surface area contributed by atoms with Crippen molar-refractivity contribution in [2.24, 2.45) is 11.3 Å². The highest BCUT2D eigenvalue weighted by Crippen LogP contribution is 2.31. The summed E-state index contributed by atoms with van der Waals surface area (Å²) < 4.78 is 5.42. The summed E-state index contributed by atoms with van der Waals surface area (Å²) in [4.78, 5) is 12.0. The van der Waals surface area contributed by atoms with Crippen molar-refractivity contribution in [2.75, 3.05) is 13.2 Å². The molecule has 98 valence electrons. The zero-order valence-electron chi connectivity index (χ0n) is 11.1. The molecule has 0 aromatic carbocycles. The van der Waals surface area contributed by atoms with Crippen LogP contribution in [0.1, 0.15) is 52.4 Å². The molecule has 0 radical (unpaired) electrons. The van der Waals surface area contributed by atoms with E-state index < -0.39 is 0 Å². The van der Waals surface area contributed by atoms with Gasteiger partial charge in [0.25, 0.3) is 0 Å². The number of esters is 1. The molecule has 0 spiro atoms. The first-order chi connectivity index (χ1) is 8.09. The molecule has 0 bridgehead atoms. The minimum atomic E-state index is -0.113. The van der Waals surface area contributed by atoms with Crippen LogP contribution in [0.15, 0.2) is 0 Å². The molecule has 1 saturated carbocycles. The summed E-state index contributed by atoms with van der Waals surface area (Å²) in [5.74, 6) is 0.768. The van der Waals surface area contributed by atoms with Crippen molar-refractivity contribution in [3.05, 3.63) is 0 Å². The quantitative estimate of drug-likeness (QED) is 0.766. The number of hydrogen-bond acceptors (Lipinski definition) is 3. The first-order valence-corrected chi connectivity index (χ1v) is 6.99. The number of nitrogens with one attached hydrogen (secondary N) is 1. The van der Waals surface area contributed by atoms with Gasteiger partial charge in [-0.3, -0.25) is 4.79 Å². The van der Waals surface area contributed by atoms with Crippen molar-refractivity contribution in [3.8, 4) is 0 Å². The Morgan fingerprint density at radius 1 is 1.35 bits per heavy atom. The Balaban J connectivity index is 1.73. The van der Waals surface area contributed by atoms with Crippen molar-refractivity contribution in [1.29, 1.82) is 0 Å². The van der Waals surface area contributed by atoms with Gasteiger partial charge in [0.05, 0.1) is 6.61 Å². The minimum absolute atomic E-state index is 0.0335. The molecular formula is C14H25NO2. The summed E-state index contributed by atoms with van der Waals surface area (Å²) in [6.07, 6.45) is 7.31. The molecular weight excluding hydrogens is 214 g/mol. The van der Waals surface area contributed by atoms with Crippen molar-refractivity contribution >= 4 is 5.97 Å². The number of ether oxygens (including phenoxy) is 1. The van der Waals surface area contributed by atoms with Gasteiger partial charge in [-0.2, -0.15) is 0 Å². The summed E-state index contributed by atoms with van der Waals surface area (Å²) in [6, 6.07) is -0.113. The van der Waals surface area contributed by atoms with Crippen LogP contribution in [0.25, 0.3) is 0 Å². The van der Waals surface area contributed by atoms with Gasteiger partial charge < -0.3 is 10.1 Å². The van der Waals surface area contributed by atoms with Gasteiger partial charge in [0, 0.05) is 0 Å². The van der Waals surface area contributed by atoms with E-state index in [1.807, 2.05) is 0 Å². The summed E-state index contributed by atoms with van der Waals surface area (Å²) in [5, 5.41) is 3.30. The van der Waals surface area contributed by atoms with Crippen LogP contribution in [0.2, 0.25) is 0 Å². The van der Waals surface area contributed by atoms with Crippen LogP contribution in [0, 0.1) is 11.3 Å². The van der Waals surface area contributed by atoms with E-state index in [1.165, 1.54) is 19.3 Å². The van der Waals surface area contributed by atoms with Gasteiger partial charge in [-0.1, -0.05) is 33.1 Å². The van der Waals surface area contributed by atoms with Crippen LogP contribution >= 0.6 is 0 Å². The number of piperidine rings is 1. The Hall–Kier alpha value is -0.570.